The van der Waals surface area contributed by atoms with Crippen molar-refractivity contribution in [2.24, 2.45) is 5.14 Å². The van der Waals surface area contributed by atoms with Gasteiger partial charge >= 0.3 is 6.18 Å². The normalized spacial score (nSPS) is 17.6. The summed E-state index contributed by atoms with van der Waals surface area (Å²) < 4.78 is 67.9. The van der Waals surface area contributed by atoms with E-state index in [1.165, 1.54) is 36.3 Å². The Bertz CT molecular complexity index is 1020. The molecule has 0 spiro atoms. The quantitative estimate of drug-likeness (QED) is 0.777. The van der Waals surface area contributed by atoms with Crippen LogP contribution in [0.25, 0.3) is 0 Å². The summed E-state index contributed by atoms with van der Waals surface area (Å²) in [6.07, 6.45) is -3.73. The van der Waals surface area contributed by atoms with Gasteiger partial charge in [0.15, 0.2) is 0 Å². The third kappa shape index (κ3) is 4.11. The van der Waals surface area contributed by atoms with Crippen LogP contribution in [0.4, 0.5) is 18.9 Å². The number of halogens is 4. The number of benzene rings is 2. The second-order valence-corrected chi connectivity index (χ2v) is 8.18. The van der Waals surface area contributed by atoms with Gasteiger partial charge in [0.05, 0.1) is 28.6 Å². The number of methoxy groups -OCH3 is 1. The Labute approximate surface area is 165 Å². The number of nitrogens with zero attached hydrogens (tertiary/aromatic N) is 1. The molecule has 3 rings (SSSR count). The van der Waals surface area contributed by atoms with Gasteiger partial charge in [-0.2, -0.15) is 13.2 Å². The second-order valence-electron chi connectivity index (χ2n) is 6.21. The SMILES string of the molecule is COc1ccc(C2CC(C(F)(F)F)=CN2c2ccc(S(N)(=O)=O)cc2)cc1Cl. The van der Waals surface area contributed by atoms with Crippen LogP contribution in [0.3, 0.4) is 0 Å². The van der Waals surface area contributed by atoms with E-state index in [0.29, 0.717) is 17.0 Å². The lowest BCUT2D eigenvalue weighted by Gasteiger charge is -2.26. The number of anilines is 1. The van der Waals surface area contributed by atoms with Crippen molar-refractivity contribution in [1.82, 2.24) is 0 Å². The molecule has 10 heteroatoms. The van der Waals surface area contributed by atoms with Crippen LogP contribution in [0.5, 0.6) is 5.75 Å². The molecule has 0 bridgehead atoms. The topological polar surface area (TPSA) is 72.6 Å². The number of nitrogens with two attached hydrogens (primary N) is 1. The number of hydrogen-bond donors (Lipinski definition) is 1. The van der Waals surface area contributed by atoms with E-state index in [2.05, 4.69) is 0 Å². The van der Waals surface area contributed by atoms with Gasteiger partial charge in [0.1, 0.15) is 5.75 Å². The fourth-order valence-corrected chi connectivity index (χ4v) is 3.82. The molecule has 0 radical (unpaired) electrons. The van der Waals surface area contributed by atoms with Crippen molar-refractivity contribution >= 4 is 27.3 Å². The van der Waals surface area contributed by atoms with Crippen LogP contribution >= 0.6 is 11.6 Å². The Balaban J connectivity index is 2.03. The Hall–Kier alpha value is -2.23. The second kappa shape index (κ2) is 7.31. The van der Waals surface area contributed by atoms with Crippen LogP contribution in [0, 0.1) is 0 Å². The van der Waals surface area contributed by atoms with E-state index in [1.807, 2.05) is 0 Å². The van der Waals surface area contributed by atoms with Crippen LogP contribution in [0.15, 0.2) is 59.1 Å². The summed E-state index contributed by atoms with van der Waals surface area (Å²) in [5, 5.41) is 5.36. The fraction of sp³-hybridized carbons (Fsp3) is 0.222. The first-order chi connectivity index (χ1) is 13.0. The summed E-state index contributed by atoms with van der Waals surface area (Å²) in [5.41, 5.74) is 0.264. The molecule has 1 heterocycles. The molecular weight excluding hydrogens is 417 g/mol. The van der Waals surface area contributed by atoms with Crippen molar-refractivity contribution in [3.63, 3.8) is 0 Å². The predicted molar refractivity (Wildman–Crippen MR) is 99.8 cm³/mol. The van der Waals surface area contributed by atoms with Gasteiger partial charge in [-0.15, -0.1) is 0 Å². The molecule has 0 saturated carbocycles. The third-order valence-electron chi connectivity index (χ3n) is 4.43. The number of hydrogen-bond acceptors (Lipinski definition) is 4. The van der Waals surface area contributed by atoms with Crippen LogP contribution in [-0.4, -0.2) is 21.7 Å². The highest BCUT2D eigenvalue weighted by Gasteiger charge is 2.41. The van der Waals surface area contributed by atoms with E-state index in [0.717, 1.165) is 6.20 Å². The molecule has 0 amide bonds. The molecule has 1 aliphatic rings. The molecule has 1 unspecified atom stereocenters. The molecule has 2 aromatic rings. The van der Waals surface area contributed by atoms with Gasteiger partial charge in [-0.1, -0.05) is 17.7 Å². The maximum absolute atomic E-state index is 13.3. The zero-order valence-corrected chi connectivity index (χ0v) is 16.1. The minimum atomic E-state index is -4.48. The van der Waals surface area contributed by atoms with Gasteiger partial charge < -0.3 is 9.64 Å². The fourth-order valence-electron chi connectivity index (χ4n) is 3.04. The van der Waals surface area contributed by atoms with Crippen molar-refractivity contribution in [2.45, 2.75) is 23.5 Å². The smallest absolute Gasteiger partial charge is 0.414 e. The first kappa shape index (κ1) is 20.5. The molecule has 28 heavy (non-hydrogen) atoms. The summed E-state index contributed by atoms with van der Waals surface area (Å²) in [6.45, 7) is 0. The van der Waals surface area contributed by atoms with E-state index in [4.69, 9.17) is 21.5 Å². The van der Waals surface area contributed by atoms with E-state index >= 15 is 0 Å². The summed E-state index contributed by atoms with van der Waals surface area (Å²) >= 11 is 6.14. The highest BCUT2D eigenvalue weighted by Crippen LogP contribution is 2.45. The molecular formula is C18H16ClF3N2O3S. The van der Waals surface area contributed by atoms with Crippen molar-refractivity contribution in [3.05, 3.63) is 64.8 Å². The van der Waals surface area contributed by atoms with Gasteiger partial charge in [0, 0.05) is 18.3 Å². The lowest BCUT2D eigenvalue weighted by atomic mass is 10.0. The Morgan fingerprint density at radius 1 is 1.18 bits per heavy atom. The predicted octanol–water partition coefficient (Wildman–Crippen LogP) is 4.39. The summed E-state index contributed by atoms with van der Waals surface area (Å²) in [4.78, 5) is 1.31. The first-order valence-corrected chi connectivity index (χ1v) is 9.95. The molecule has 2 aromatic carbocycles. The maximum Gasteiger partial charge on any atom is 0.414 e. The third-order valence-corrected chi connectivity index (χ3v) is 5.66. The lowest BCUT2D eigenvalue weighted by Crippen LogP contribution is -2.19. The summed E-state index contributed by atoms with van der Waals surface area (Å²) in [5.74, 6) is 0.413. The van der Waals surface area contributed by atoms with Gasteiger partial charge in [-0.05, 0) is 42.0 Å². The molecule has 0 saturated heterocycles. The van der Waals surface area contributed by atoms with Gasteiger partial charge in [0.2, 0.25) is 10.0 Å². The van der Waals surface area contributed by atoms with Crippen LogP contribution in [0.2, 0.25) is 5.02 Å². The lowest BCUT2D eigenvalue weighted by molar-refractivity contribution is -0.0933. The Morgan fingerprint density at radius 2 is 1.82 bits per heavy atom. The zero-order chi connectivity index (χ0) is 20.7. The van der Waals surface area contributed by atoms with Crippen LogP contribution in [0.1, 0.15) is 18.0 Å². The number of ether oxygens (including phenoxy) is 1. The van der Waals surface area contributed by atoms with Crippen LogP contribution in [-0.2, 0) is 10.0 Å². The number of alkyl halides is 3. The molecule has 1 atom stereocenters. The van der Waals surface area contributed by atoms with Crippen molar-refractivity contribution in [1.29, 1.82) is 0 Å². The van der Waals surface area contributed by atoms with E-state index in [9.17, 15) is 21.6 Å². The molecule has 0 aliphatic carbocycles. The minimum Gasteiger partial charge on any atom is -0.495 e. The Kier molecular flexibility index (Phi) is 5.35. The van der Waals surface area contributed by atoms with E-state index in [-0.39, 0.29) is 16.3 Å². The number of primary sulfonamides is 1. The largest absolute Gasteiger partial charge is 0.495 e. The van der Waals surface area contributed by atoms with Crippen molar-refractivity contribution in [3.8, 4) is 5.75 Å². The standard InChI is InChI=1S/C18H16ClF3N2O3S/c1-27-17-7-2-11(8-15(17)19)16-9-12(18(20,21)22)10-24(16)13-3-5-14(6-4-13)28(23,25)26/h2-8,10,16H,9H2,1H3,(H2,23,25,26). The average Bonchev–Trinajstić information content (AvgIpc) is 3.07. The van der Waals surface area contributed by atoms with Gasteiger partial charge in [-0.3, -0.25) is 0 Å². The number of sulfonamides is 1. The van der Waals surface area contributed by atoms with Gasteiger partial charge in [0.25, 0.3) is 0 Å². The van der Waals surface area contributed by atoms with Crippen molar-refractivity contribution in [2.75, 3.05) is 12.0 Å². The minimum absolute atomic E-state index is 0.125. The monoisotopic (exact) mass is 432 g/mol. The van der Waals surface area contributed by atoms with E-state index < -0.39 is 27.8 Å². The molecule has 150 valence electrons. The number of rotatable bonds is 4. The molecule has 0 aromatic heterocycles. The first-order valence-electron chi connectivity index (χ1n) is 8.03. The molecule has 1 aliphatic heterocycles. The average molecular weight is 433 g/mol. The summed E-state index contributed by atoms with van der Waals surface area (Å²) in [7, 11) is -2.46. The highest BCUT2D eigenvalue weighted by atomic mass is 35.5. The Morgan fingerprint density at radius 3 is 2.32 bits per heavy atom. The highest BCUT2D eigenvalue weighted by molar-refractivity contribution is 7.89. The van der Waals surface area contributed by atoms with Crippen LogP contribution < -0.4 is 14.8 Å². The molecule has 0 fully saturated rings. The molecule has 5 nitrogen and oxygen atoms in total. The van der Waals surface area contributed by atoms with Gasteiger partial charge in [-0.25, -0.2) is 13.6 Å². The maximum atomic E-state index is 13.3. The van der Waals surface area contributed by atoms with E-state index in [1.54, 1.807) is 18.2 Å². The van der Waals surface area contributed by atoms with Crippen molar-refractivity contribution < 1.29 is 26.3 Å². The molecule has 2 N–H and O–H groups in total. The summed E-state index contributed by atoms with van der Waals surface area (Å²) in [6, 6.07) is 9.45. The zero-order valence-electron chi connectivity index (χ0n) is 14.6.